The second-order valence-electron chi connectivity index (χ2n) is 4.20. The van der Waals surface area contributed by atoms with Gasteiger partial charge in [-0.3, -0.25) is 0 Å². The molecule has 0 radical (unpaired) electrons. The van der Waals surface area contributed by atoms with Crippen molar-refractivity contribution in [3.8, 4) is 11.5 Å². The van der Waals surface area contributed by atoms with Crippen LogP contribution in [-0.4, -0.2) is 18.2 Å². The lowest BCUT2D eigenvalue weighted by Gasteiger charge is -2.11. The first-order chi connectivity index (χ1) is 10.0. The Morgan fingerprint density at radius 3 is 2.67 bits per heavy atom. The van der Waals surface area contributed by atoms with Crippen molar-refractivity contribution < 1.29 is 23.8 Å². The van der Waals surface area contributed by atoms with Crippen LogP contribution in [-0.2, 0) is 6.61 Å². The first kappa shape index (κ1) is 15.1. The number of ether oxygens (including phenoxy) is 2. The number of benzene rings is 2. The molecule has 0 atom stereocenters. The van der Waals surface area contributed by atoms with Crippen molar-refractivity contribution in [1.82, 2.24) is 0 Å². The monoisotopic (exact) mass is 310 g/mol. The Labute approximate surface area is 125 Å². The van der Waals surface area contributed by atoms with Crippen molar-refractivity contribution in [3.05, 3.63) is 58.4 Å². The van der Waals surface area contributed by atoms with Crippen molar-refractivity contribution in [2.45, 2.75) is 6.61 Å². The molecule has 0 aliphatic carbocycles. The Bertz CT molecular complexity index is 673. The Kier molecular flexibility index (Phi) is 4.65. The van der Waals surface area contributed by atoms with E-state index in [1.54, 1.807) is 12.1 Å². The Hall–Kier alpha value is -2.27. The van der Waals surface area contributed by atoms with E-state index in [1.807, 2.05) is 0 Å². The summed E-state index contributed by atoms with van der Waals surface area (Å²) in [5.74, 6) is -1.09. The van der Waals surface area contributed by atoms with Crippen LogP contribution in [0.4, 0.5) is 4.39 Å². The Balaban J connectivity index is 2.19. The van der Waals surface area contributed by atoms with Crippen LogP contribution in [0.3, 0.4) is 0 Å². The molecule has 2 aromatic carbocycles. The number of aromatic carboxylic acids is 1. The highest BCUT2D eigenvalue weighted by Crippen LogP contribution is 2.25. The van der Waals surface area contributed by atoms with Gasteiger partial charge in [-0.1, -0.05) is 17.7 Å². The van der Waals surface area contributed by atoms with Gasteiger partial charge in [-0.05, 0) is 35.9 Å². The van der Waals surface area contributed by atoms with Crippen LogP contribution in [0.1, 0.15) is 15.9 Å². The van der Waals surface area contributed by atoms with Crippen LogP contribution in [0.5, 0.6) is 11.5 Å². The number of methoxy groups -OCH3 is 1. The summed E-state index contributed by atoms with van der Waals surface area (Å²) in [6, 6.07) is 8.71. The SMILES string of the molecule is COc1ccc(OCc2ccc(Cl)c(F)c2)c(C(=O)O)c1. The molecule has 0 aliphatic rings. The molecule has 0 saturated heterocycles. The van der Waals surface area contributed by atoms with E-state index in [0.29, 0.717) is 11.3 Å². The minimum absolute atomic E-state index is 0.0226. The fraction of sp³-hybridized carbons (Fsp3) is 0.133. The molecule has 0 aromatic heterocycles. The fourth-order valence-corrected chi connectivity index (χ4v) is 1.84. The smallest absolute Gasteiger partial charge is 0.339 e. The number of carboxylic acid groups (broad SMARTS) is 1. The summed E-state index contributed by atoms with van der Waals surface area (Å²) in [5, 5.41) is 9.17. The zero-order valence-electron chi connectivity index (χ0n) is 11.1. The van der Waals surface area contributed by atoms with Crippen molar-refractivity contribution in [2.75, 3.05) is 7.11 Å². The first-order valence-corrected chi connectivity index (χ1v) is 6.37. The number of carbonyl (C=O) groups is 1. The lowest BCUT2D eigenvalue weighted by molar-refractivity contribution is 0.0691. The molecule has 0 amide bonds. The maximum absolute atomic E-state index is 13.3. The van der Waals surface area contributed by atoms with E-state index in [9.17, 15) is 9.18 Å². The van der Waals surface area contributed by atoms with Crippen LogP contribution >= 0.6 is 11.6 Å². The van der Waals surface area contributed by atoms with E-state index in [-0.39, 0.29) is 22.9 Å². The largest absolute Gasteiger partial charge is 0.497 e. The molecule has 21 heavy (non-hydrogen) atoms. The van der Waals surface area contributed by atoms with Gasteiger partial charge in [0.15, 0.2) is 0 Å². The van der Waals surface area contributed by atoms with Crippen LogP contribution in [0.25, 0.3) is 0 Å². The standard InChI is InChI=1S/C15H12ClFO4/c1-20-10-3-5-14(11(7-10)15(18)19)21-8-9-2-4-12(16)13(17)6-9/h2-7H,8H2,1H3,(H,18,19). The van der Waals surface area contributed by atoms with Crippen molar-refractivity contribution in [3.63, 3.8) is 0 Å². The summed E-state index contributed by atoms with van der Waals surface area (Å²) in [6.07, 6.45) is 0. The number of halogens is 2. The second-order valence-corrected chi connectivity index (χ2v) is 4.61. The zero-order chi connectivity index (χ0) is 15.4. The van der Waals surface area contributed by atoms with Gasteiger partial charge in [0.2, 0.25) is 0 Å². The Morgan fingerprint density at radius 1 is 1.29 bits per heavy atom. The summed E-state index contributed by atoms with van der Waals surface area (Å²) in [7, 11) is 1.44. The number of hydrogen-bond donors (Lipinski definition) is 1. The molecule has 0 saturated carbocycles. The average molecular weight is 311 g/mol. The van der Waals surface area contributed by atoms with Gasteiger partial charge in [-0.2, -0.15) is 0 Å². The predicted molar refractivity (Wildman–Crippen MR) is 75.7 cm³/mol. The van der Waals surface area contributed by atoms with Crippen LogP contribution < -0.4 is 9.47 Å². The van der Waals surface area contributed by atoms with Gasteiger partial charge >= 0.3 is 5.97 Å². The third-order valence-electron chi connectivity index (χ3n) is 2.80. The summed E-state index contributed by atoms with van der Waals surface area (Å²) in [6.45, 7) is 0.0285. The lowest BCUT2D eigenvalue weighted by atomic mass is 10.2. The molecule has 110 valence electrons. The van der Waals surface area contributed by atoms with E-state index in [2.05, 4.69) is 0 Å². The molecule has 0 spiro atoms. The topological polar surface area (TPSA) is 55.8 Å². The van der Waals surface area contributed by atoms with Gasteiger partial charge in [0, 0.05) is 0 Å². The van der Waals surface area contributed by atoms with Gasteiger partial charge in [0.1, 0.15) is 29.5 Å². The fourth-order valence-electron chi connectivity index (χ4n) is 1.72. The van der Waals surface area contributed by atoms with Crippen molar-refractivity contribution >= 4 is 17.6 Å². The van der Waals surface area contributed by atoms with Crippen LogP contribution in [0.2, 0.25) is 5.02 Å². The molecule has 2 rings (SSSR count). The molecule has 0 heterocycles. The maximum Gasteiger partial charge on any atom is 0.339 e. The molecule has 4 nitrogen and oxygen atoms in total. The molecule has 1 N–H and O–H groups in total. The quantitative estimate of drug-likeness (QED) is 0.913. The highest BCUT2D eigenvalue weighted by atomic mass is 35.5. The molecule has 2 aromatic rings. The number of rotatable bonds is 5. The highest BCUT2D eigenvalue weighted by Gasteiger charge is 2.13. The third-order valence-corrected chi connectivity index (χ3v) is 3.10. The molecular weight excluding hydrogens is 299 g/mol. The van der Waals surface area contributed by atoms with E-state index < -0.39 is 11.8 Å². The van der Waals surface area contributed by atoms with E-state index >= 15 is 0 Å². The molecule has 0 aliphatic heterocycles. The molecule has 0 unspecified atom stereocenters. The summed E-state index contributed by atoms with van der Waals surface area (Å²) in [4.78, 5) is 11.2. The normalized spacial score (nSPS) is 10.2. The number of hydrogen-bond acceptors (Lipinski definition) is 3. The van der Waals surface area contributed by atoms with Gasteiger partial charge in [0.25, 0.3) is 0 Å². The number of carboxylic acids is 1. The van der Waals surface area contributed by atoms with Gasteiger partial charge in [-0.15, -0.1) is 0 Å². The lowest BCUT2D eigenvalue weighted by Crippen LogP contribution is -2.04. The van der Waals surface area contributed by atoms with Crippen molar-refractivity contribution in [2.24, 2.45) is 0 Å². The molecule has 0 bridgehead atoms. The van der Waals surface area contributed by atoms with E-state index in [1.165, 1.54) is 31.4 Å². The molecule has 6 heteroatoms. The minimum Gasteiger partial charge on any atom is -0.497 e. The van der Waals surface area contributed by atoms with E-state index in [4.69, 9.17) is 26.2 Å². The average Bonchev–Trinajstić information content (AvgIpc) is 2.48. The second kappa shape index (κ2) is 6.45. The highest BCUT2D eigenvalue weighted by molar-refractivity contribution is 6.30. The van der Waals surface area contributed by atoms with E-state index in [0.717, 1.165) is 0 Å². The maximum atomic E-state index is 13.3. The summed E-state index contributed by atoms with van der Waals surface area (Å²) < 4.78 is 23.7. The van der Waals surface area contributed by atoms with Gasteiger partial charge < -0.3 is 14.6 Å². The molecular formula is C15H12ClFO4. The zero-order valence-corrected chi connectivity index (χ0v) is 11.9. The van der Waals surface area contributed by atoms with Crippen LogP contribution in [0.15, 0.2) is 36.4 Å². The third kappa shape index (κ3) is 3.64. The first-order valence-electron chi connectivity index (χ1n) is 5.99. The Morgan fingerprint density at radius 2 is 2.05 bits per heavy atom. The van der Waals surface area contributed by atoms with Gasteiger partial charge in [-0.25, -0.2) is 9.18 Å². The molecule has 0 fully saturated rings. The van der Waals surface area contributed by atoms with Crippen LogP contribution in [0, 0.1) is 5.82 Å². The minimum atomic E-state index is -1.13. The van der Waals surface area contributed by atoms with Gasteiger partial charge in [0.05, 0.1) is 12.1 Å². The van der Waals surface area contributed by atoms with Crippen molar-refractivity contribution in [1.29, 1.82) is 0 Å². The summed E-state index contributed by atoms with van der Waals surface area (Å²) in [5.41, 5.74) is 0.521. The predicted octanol–water partition coefficient (Wildman–Crippen LogP) is 3.76. The summed E-state index contributed by atoms with van der Waals surface area (Å²) >= 11 is 5.59.